The lowest BCUT2D eigenvalue weighted by molar-refractivity contribution is -0.137. The third-order valence-electron chi connectivity index (χ3n) is 4.28. The smallest absolute Gasteiger partial charge is 0.417 e. The average molecular weight is 480 g/mol. The average Bonchev–Trinajstić information content (AvgIpc) is 2.79. The van der Waals surface area contributed by atoms with Gasteiger partial charge in [-0.2, -0.15) is 13.2 Å². The summed E-state index contributed by atoms with van der Waals surface area (Å²) < 4.78 is 44.8. The van der Waals surface area contributed by atoms with Crippen molar-refractivity contribution in [2.24, 2.45) is 5.84 Å². The molecule has 8 nitrogen and oxygen atoms in total. The van der Waals surface area contributed by atoms with Crippen molar-refractivity contribution < 1.29 is 27.5 Å². The number of amides is 3. The highest BCUT2D eigenvalue weighted by atomic mass is 35.5. The van der Waals surface area contributed by atoms with E-state index >= 15 is 0 Å². The molecule has 0 radical (unpaired) electrons. The Balaban J connectivity index is 1.67. The Morgan fingerprint density at radius 2 is 1.76 bits per heavy atom. The van der Waals surface area contributed by atoms with Crippen molar-refractivity contribution in [3.63, 3.8) is 0 Å². The van der Waals surface area contributed by atoms with Crippen LogP contribution in [0.5, 0.6) is 11.5 Å². The number of hydrazine groups is 1. The molecule has 12 heteroatoms. The summed E-state index contributed by atoms with van der Waals surface area (Å²) in [6, 6.07) is 11.1. The van der Waals surface area contributed by atoms with Gasteiger partial charge in [0.05, 0.1) is 16.3 Å². The molecule has 172 valence electrons. The van der Waals surface area contributed by atoms with Crippen LogP contribution in [0.4, 0.5) is 29.3 Å². The zero-order chi connectivity index (χ0) is 24.2. The number of urea groups is 1. The number of nitrogens with two attached hydrogens (primary N) is 1. The van der Waals surface area contributed by atoms with Gasteiger partial charge < -0.3 is 15.4 Å². The number of nitrogens with one attached hydrogen (secondary N) is 2. The van der Waals surface area contributed by atoms with E-state index in [-0.39, 0.29) is 17.3 Å². The molecular formula is C21H17ClF3N5O3. The first kappa shape index (κ1) is 23.8. The number of carbonyl (C=O) groups is 2. The van der Waals surface area contributed by atoms with Gasteiger partial charge in [0.1, 0.15) is 17.2 Å². The van der Waals surface area contributed by atoms with Gasteiger partial charge in [-0.25, -0.2) is 15.6 Å². The minimum absolute atomic E-state index is 0.179. The van der Waals surface area contributed by atoms with E-state index in [4.69, 9.17) is 22.2 Å². The van der Waals surface area contributed by atoms with Crippen molar-refractivity contribution in [2.45, 2.75) is 6.18 Å². The Morgan fingerprint density at radius 3 is 2.39 bits per heavy atom. The number of anilines is 2. The quantitative estimate of drug-likeness (QED) is 0.276. The molecule has 0 saturated heterocycles. The number of hydrogen-bond donors (Lipinski definition) is 3. The summed E-state index contributed by atoms with van der Waals surface area (Å²) in [4.78, 5) is 28.0. The van der Waals surface area contributed by atoms with Gasteiger partial charge in [0.2, 0.25) is 0 Å². The Kier molecular flexibility index (Phi) is 7.04. The summed E-state index contributed by atoms with van der Waals surface area (Å²) in [5.41, 5.74) is -0.817. The van der Waals surface area contributed by atoms with E-state index < -0.39 is 22.8 Å². The maximum Gasteiger partial charge on any atom is 0.417 e. The molecule has 1 heterocycles. The number of carbonyl (C=O) groups excluding carboxylic acids is 2. The molecule has 0 aliphatic rings. The molecule has 3 rings (SSSR count). The Morgan fingerprint density at radius 1 is 1.06 bits per heavy atom. The molecule has 0 unspecified atom stereocenters. The summed E-state index contributed by atoms with van der Waals surface area (Å²) in [5.74, 6) is 6.08. The van der Waals surface area contributed by atoms with Gasteiger partial charge in [-0.3, -0.25) is 9.78 Å². The van der Waals surface area contributed by atoms with Gasteiger partial charge in [0.15, 0.2) is 0 Å². The van der Waals surface area contributed by atoms with Crippen LogP contribution in [0.25, 0.3) is 0 Å². The van der Waals surface area contributed by atoms with Gasteiger partial charge in [-0.1, -0.05) is 11.6 Å². The van der Waals surface area contributed by atoms with Crippen LogP contribution in [-0.4, -0.2) is 24.0 Å². The maximum absolute atomic E-state index is 13.0. The van der Waals surface area contributed by atoms with Crippen molar-refractivity contribution in [2.75, 3.05) is 17.4 Å². The Labute approximate surface area is 191 Å². The number of pyridine rings is 1. The van der Waals surface area contributed by atoms with Crippen LogP contribution in [0.1, 0.15) is 16.1 Å². The van der Waals surface area contributed by atoms with E-state index in [0.717, 1.165) is 6.07 Å². The molecule has 3 aromatic rings. The number of rotatable bonds is 5. The Bertz CT molecular complexity index is 1170. The second-order valence-corrected chi connectivity index (χ2v) is 6.95. The van der Waals surface area contributed by atoms with Crippen molar-refractivity contribution in [3.05, 3.63) is 77.1 Å². The van der Waals surface area contributed by atoms with E-state index in [0.29, 0.717) is 28.3 Å². The normalized spacial score (nSPS) is 11.0. The summed E-state index contributed by atoms with van der Waals surface area (Å²) in [5, 5.41) is 4.95. The molecule has 0 fully saturated rings. The lowest BCUT2D eigenvalue weighted by Crippen LogP contribution is -2.40. The van der Waals surface area contributed by atoms with Gasteiger partial charge in [0, 0.05) is 25.0 Å². The van der Waals surface area contributed by atoms with Gasteiger partial charge >= 0.3 is 12.2 Å². The van der Waals surface area contributed by atoms with E-state index in [9.17, 15) is 22.8 Å². The molecule has 2 aromatic carbocycles. The van der Waals surface area contributed by atoms with Crippen LogP contribution in [0.2, 0.25) is 5.02 Å². The molecule has 0 spiro atoms. The number of nitrogens with zero attached hydrogens (tertiary/aromatic N) is 2. The highest BCUT2D eigenvalue weighted by molar-refractivity contribution is 6.31. The molecule has 1 aromatic heterocycles. The molecule has 0 bridgehead atoms. The fraction of sp³-hybridized carbons (Fsp3) is 0.0952. The van der Waals surface area contributed by atoms with Gasteiger partial charge in [-0.05, 0) is 48.5 Å². The fourth-order valence-electron chi connectivity index (χ4n) is 2.65. The number of ether oxygens (including phenoxy) is 1. The Hall–Kier alpha value is -3.83. The highest BCUT2D eigenvalue weighted by Crippen LogP contribution is 2.36. The van der Waals surface area contributed by atoms with Crippen LogP contribution in [0.3, 0.4) is 0 Å². The lowest BCUT2D eigenvalue weighted by Gasteiger charge is -2.19. The summed E-state index contributed by atoms with van der Waals surface area (Å²) >= 11 is 5.58. The summed E-state index contributed by atoms with van der Waals surface area (Å²) in [6.07, 6.45) is -3.28. The van der Waals surface area contributed by atoms with Crippen molar-refractivity contribution in [3.8, 4) is 11.5 Å². The third kappa shape index (κ3) is 5.90. The van der Waals surface area contributed by atoms with Crippen LogP contribution in [0, 0.1) is 0 Å². The zero-order valence-corrected chi connectivity index (χ0v) is 17.7. The summed E-state index contributed by atoms with van der Waals surface area (Å²) in [7, 11) is 1.48. The van der Waals surface area contributed by atoms with E-state index in [1.807, 2.05) is 0 Å². The lowest BCUT2D eigenvalue weighted by atomic mass is 10.2. The zero-order valence-electron chi connectivity index (χ0n) is 17.0. The van der Waals surface area contributed by atoms with Crippen LogP contribution in [0.15, 0.2) is 60.8 Å². The molecule has 3 amide bonds. The SMILES string of the molecule is CNC(=O)c1cc(Oc2ccc(NC(=O)N(N)c3ccc(Cl)c(C(F)(F)F)c3)cc2)ccn1. The van der Waals surface area contributed by atoms with Crippen LogP contribution in [-0.2, 0) is 6.18 Å². The standard InChI is InChI=1S/C21H17ClF3N5O3/c1-27-19(31)18-11-15(8-9-28-18)33-14-5-2-12(3-6-14)29-20(32)30(26)13-4-7-17(22)16(10-13)21(23,24)25/h2-11H,26H2,1H3,(H,27,31)(H,29,32). The molecule has 0 aliphatic heterocycles. The molecule has 0 atom stereocenters. The first-order chi connectivity index (χ1) is 15.6. The third-order valence-corrected chi connectivity index (χ3v) is 4.61. The topological polar surface area (TPSA) is 110 Å². The number of hydrogen-bond acceptors (Lipinski definition) is 5. The second kappa shape index (κ2) is 9.76. The van der Waals surface area contributed by atoms with Crippen LogP contribution < -0.4 is 26.2 Å². The fourth-order valence-corrected chi connectivity index (χ4v) is 2.88. The van der Waals surface area contributed by atoms with Gasteiger partial charge in [0.25, 0.3) is 5.91 Å². The minimum Gasteiger partial charge on any atom is -0.457 e. The van der Waals surface area contributed by atoms with Gasteiger partial charge in [-0.15, -0.1) is 0 Å². The largest absolute Gasteiger partial charge is 0.457 e. The summed E-state index contributed by atoms with van der Waals surface area (Å²) in [6.45, 7) is 0. The second-order valence-electron chi connectivity index (χ2n) is 6.54. The highest BCUT2D eigenvalue weighted by Gasteiger charge is 2.34. The molecule has 0 saturated carbocycles. The van der Waals surface area contributed by atoms with Crippen molar-refractivity contribution in [1.82, 2.24) is 10.3 Å². The monoisotopic (exact) mass is 479 g/mol. The van der Waals surface area contributed by atoms with E-state index in [1.54, 1.807) is 18.2 Å². The number of halogens is 4. The van der Waals surface area contributed by atoms with Crippen LogP contribution >= 0.6 is 11.6 Å². The van der Waals surface area contributed by atoms with E-state index in [2.05, 4.69) is 15.6 Å². The molecular weight excluding hydrogens is 463 g/mol. The van der Waals surface area contributed by atoms with Crippen molar-refractivity contribution in [1.29, 1.82) is 0 Å². The number of aromatic nitrogens is 1. The maximum atomic E-state index is 13.0. The molecule has 0 aliphatic carbocycles. The predicted octanol–water partition coefficient (Wildman–Crippen LogP) is 4.82. The first-order valence-electron chi connectivity index (χ1n) is 9.27. The van der Waals surface area contributed by atoms with Crippen molar-refractivity contribution >= 4 is 34.9 Å². The predicted molar refractivity (Wildman–Crippen MR) is 116 cm³/mol. The number of alkyl halides is 3. The number of benzene rings is 2. The first-order valence-corrected chi connectivity index (χ1v) is 9.65. The molecule has 4 N–H and O–H groups in total. The minimum atomic E-state index is -4.70. The van der Waals surface area contributed by atoms with E-state index in [1.165, 1.54) is 37.5 Å². The molecule has 33 heavy (non-hydrogen) atoms.